The number of anilines is 1. The van der Waals surface area contributed by atoms with Crippen LogP contribution in [0.25, 0.3) is 0 Å². The van der Waals surface area contributed by atoms with Crippen molar-refractivity contribution in [2.75, 3.05) is 25.4 Å². The van der Waals surface area contributed by atoms with Crippen LogP contribution in [0.1, 0.15) is 35.3 Å². The maximum Gasteiger partial charge on any atom is 0.252 e. The molecule has 0 aliphatic carbocycles. The van der Waals surface area contributed by atoms with E-state index in [1.54, 1.807) is 11.0 Å². The zero-order valence-corrected chi connectivity index (χ0v) is 12.6. The van der Waals surface area contributed by atoms with Crippen molar-refractivity contribution in [3.63, 3.8) is 0 Å². The standard InChI is InChI=1S/C15H23N3O2/c1-5-18(6-2)14(19)9-17-15(20)12-8-13(16)11(4)7-10(12)3/h7-8H,5-6,9,16H2,1-4H3,(H,17,20). The predicted octanol–water partition coefficient (Wildman–Crippen LogP) is 1.48. The van der Waals surface area contributed by atoms with Crippen molar-refractivity contribution in [1.29, 1.82) is 0 Å². The largest absolute Gasteiger partial charge is 0.398 e. The van der Waals surface area contributed by atoms with Crippen LogP contribution < -0.4 is 11.1 Å². The van der Waals surface area contributed by atoms with Gasteiger partial charge in [-0.3, -0.25) is 9.59 Å². The van der Waals surface area contributed by atoms with Crippen molar-refractivity contribution in [2.24, 2.45) is 0 Å². The highest BCUT2D eigenvalue weighted by Gasteiger charge is 2.14. The SMILES string of the molecule is CCN(CC)C(=O)CNC(=O)c1cc(N)c(C)cc1C. The van der Waals surface area contributed by atoms with E-state index in [1.807, 2.05) is 33.8 Å². The third-order valence-electron chi connectivity index (χ3n) is 3.37. The molecular weight excluding hydrogens is 254 g/mol. The minimum Gasteiger partial charge on any atom is -0.398 e. The van der Waals surface area contributed by atoms with Crippen molar-refractivity contribution in [1.82, 2.24) is 10.2 Å². The van der Waals surface area contributed by atoms with Crippen molar-refractivity contribution in [3.8, 4) is 0 Å². The zero-order chi connectivity index (χ0) is 15.3. The normalized spacial score (nSPS) is 10.2. The maximum absolute atomic E-state index is 12.1. The van der Waals surface area contributed by atoms with Crippen molar-refractivity contribution in [3.05, 3.63) is 28.8 Å². The Morgan fingerprint density at radius 1 is 1.15 bits per heavy atom. The zero-order valence-electron chi connectivity index (χ0n) is 12.6. The molecule has 1 aromatic rings. The molecule has 0 spiro atoms. The molecule has 0 heterocycles. The lowest BCUT2D eigenvalue weighted by Gasteiger charge is -2.19. The molecule has 1 aromatic carbocycles. The molecule has 2 amide bonds. The van der Waals surface area contributed by atoms with E-state index in [2.05, 4.69) is 5.32 Å². The van der Waals surface area contributed by atoms with Crippen LogP contribution in [0.2, 0.25) is 0 Å². The quantitative estimate of drug-likeness (QED) is 0.801. The molecule has 20 heavy (non-hydrogen) atoms. The van der Waals surface area contributed by atoms with Gasteiger partial charge in [0.15, 0.2) is 0 Å². The van der Waals surface area contributed by atoms with Crippen LogP contribution in [0.15, 0.2) is 12.1 Å². The van der Waals surface area contributed by atoms with Gasteiger partial charge in [-0.1, -0.05) is 6.07 Å². The fraction of sp³-hybridized carbons (Fsp3) is 0.467. The topological polar surface area (TPSA) is 75.4 Å². The van der Waals surface area contributed by atoms with Gasteiger partial charge < -0.3 is 16.0 Å². The van der Waals surface area contributed by atoms with Gasteiger partial charge in [0.25, 0.3) is 5.91 Å². The number of nitrogens with zero attached hydrogens (tertiary/aromatic N) is 1. The summed E-state index contributed by atoms with van der Waals surface area (Å²) in [6, 6.07) is 3.53. The molecule has 110 valence electrons. The van der Waals surface area contributed by atoms with Crippen LogP contribution in [0.5, 0.6) is 0 Å². The molecular formula is C15H23N3O2. The molecule has 0 saturated carbocycles. The minimum absolute atomic E-state index is 0.00767. The molecule has 3 N–H and O–H groups in total. The summed E-state index contributed by atoms with van der Waals surface area (Å²) in [6.45, 7) is 8.86. The van der Waals surface area contributed by atoms with Crippen LogP contribution in [0.4, 0.5) is 5.69 Å². The van der Waals surface area contributed by atoms with E-state index < -0.39 is 0 Å². The number of rotatable bonds is 5. The van der Waals surface area contributed by atoms with E-state index in [-0.39, 0.29) is 18.4 Å². The molecule has 0 aliphatic rings. The van der Waals surface area contributed by atoms with E-state index in [1.165, 1.54) is 0 Å². The van der Waals surface area contributed by atoms with E-state index in [0.717, 1.165) is 11.1 Å². The first-order valence-corrected chi connectivity index (χ1v) is 6.83. The Kier molecular flexibility index (Phi) is 5.55. The maximum atomic E-state index is 12.1. The number of aryl methyl sites for hydroxylation is 2. The molecule has 5 nitrogen and oxygen atoms in total. The van der Waals surface area contributed by atoms with Crippen molar-refractivity contribution in [2.45, 2.75) is 27.7 Å². The second-order valence-corrected chi connectivity index (χ2v) is 4.77. The van der Waals surface area contributed by atoms with Crippen LogP contribution in [-0.2, 0) is 4.79 Å². The fourth-order valence-corrected chi connectivity index (χ4v) is 2.05. The number of likely N-dealkylation sites (N-methyl/N-ethyl adjacent to an activating group) is 1. The van der Waals surface area contributed by atoms with Crippen LogP contribution in [0.3, 0.4) is 0 Å². The third-order valence-corrected chi connectivity index (χ3v) is 3.37. The summed E-state index contributed by atoms with van der Waals surface area (Å²) in [7, 11) is 0. The Morgan fingerprint density at radius 2 is 1.75 bits per heavy atom. The summed E-state index contributed by atoms with van der Waals surface area (Å²) in [6.07, 6.45) is 0. The van der Waals surface area contributed by atoms with E-state index >= 15 is 0 Å². The first-order chi connectivity index (χ1) is 9.40. The number of benzene rings is 1. The number of carbonyl (C=O) groups excluding carboxylic acids is 2. The van der Waals surface area contributed by atoms with Gasteiger partial charge in [0.1, 0.15) is 0 Å². The molecule has 1 rings (SSSR count). The number of carbonyl (C=O) groups is 2. The highest BCUT2D eigenvalue weighted by atomic mass is 16.2. The Labute approximate surface area is 120 Å². The summed E-state index contributed by atoms with van der Waals surface area (Å²) in [5.41, 5.74) is 8.71. The smallest absolute Gasteiger partial charge is 0.252 e. The molecule has 5 heteroatoms. The molecule has 0 atom stereocenters. The average molecular weight is 277 g/mol. The summed E-state index contributed by atoms with van der Waals surface area (Å²) in [5.74, 6) is -0.351. The van der Waals surface area contributed by atoms with Crippen LogP contribution >= 0.6 is 0 Å². The lowest BCUT2D eigenvalue weighted by atomic mass is 10.0. The van der Waals surface area contributed by atoms with Crippen LogP contribution in [0, 0.1) is 13.8 Å². The highest BCUT2D eigenvalue weighted by molar-refractivity contribution is 5.98. The number of nitrogens with two attached hydrogens (primary N) is 1. The lowest BCUT2D eigenvalue weighted by Crippen LogP contribution is -2.40. The van der Waals surface area contributed by atoms with Crippen molar-refractivity contribution >= 4 is 17.5 Å². The predicted molar refractivity (Wildman–Crippen MR) is 80.6 cm³/mol. The van der Waals surface area contributed by atoms with Crippen LogP contribution in [-0.4, -0.2) is 36.3 Å². The first-order valence-electron chi connectivity index (χ1n) is 6.83. The fourth-order valence-electron chi connectivity index (χ4n) is 2.05. The molecule has 0 aliphatic heterocycles. The Morgan fingerprint density at radius 3 is 2.30 bits per heavy atom. The van der Waals surface area contributed by atoms with Gasteiger partial charge >= 0.3 is 0 Å². The number of nitrogen functional groups attached to an aromatic ring is 1. The van der Waals surface area contributed by atoms with Gasteiger partial charge in [-0.2, -0.15) is 0 Å². The molecule has 0 unspecified atom stereocenters. The summed E-state index contributed by atoms with van der Waals surface area (Å²) < 4.78 is 0. The molecule has 0 radical (unpaired) electrons. The number of hydrogen-bond donors (Lipinski definition) is 2. The Bertz CT molecular complexity index is 508. The van der Waals surface area contributed by atoms with Gasteiger partial charge in [0.05, 0.1) is 6.54 Å². The summed E-state index contributed by atoms with van der Waals surface area (Å²) in [5, 5.41) is 2.65. The van der Waals surface area contributed by atoms with E-state index in [4.69, 9.17) is 5.73 Å². The Balaban J connectivity index is 2.73. The van der Waals surface area contributed by atoms with Gasteiger partial charge in [0.2, 0.25) is 5.91 Å². The van der Waals surface area contributed by atoms with E-state index in [9.17, 15) is 9.59 Å². The number of hydrogen-bond acceptors (Lipinski definition) is 3. The third kappa shape index (κ3) is 3.73. The highest BCUT2D eigenvalue weighted by Crippen LogP contribution is 2.17. The minimum atomic E-state index is -0.269. The van der Waals surface area contributed by atoms with E-state index in [0.29, 0.717) is 24.3 Å². The van der Waals surface area contributed by atoms with Crippen molar-refractivity contribution < 1.29 is 9.59 Å². The van der Waals surface area contributed by atoms with Gasteiger partial charge in [-0.05, 0) is 44.9 Å². The summed E-state index contributed by atoms with van der Waals surface area (Å²) in [4.78, 5) is 25.6. The second kappa shape index (κ2) is 6.93. The van der Waals surface area contributed by atoms with Gasteiger partial charge in [0, 0.05) is 24.3 Å². The first kappa shape index (κ1) is 16.0. The number of amides is 2. The number of nitrogens with one attached hydrogen (secondary N) is 1. The molecule has 0 fully saturated rings. The average Bonchev–Trinajstić information content (AvgIpc) is 2.41. The molecule has 0 bridgehead atoms. The lowest BCUT2D eigenvalue weighted by molar-refractivity contribution is -0.129. The molecule has 0 aromatic heterocycles. The van der Waals surface area contributed by atoms with Gasteiger partial charge in [-0.25, -0.2) is 0 Å². The molecule has 0 saturated heterocycles. The monoisotopic (exact) mass is 277 g/mol. The Hall–Kier alpha value is -2.04. The second-order valence-electron chi connectivity index (χ2n) is 4.77. The summed E-state index contributed by atoms with van der Waals surface area (Å²) >= 11 is 0. The van der Waals surface area contributed by atoms with Gasteiger partial charge in [-0.15, -0.1) is 0 Å².